The monoisotopic (exact) mass is 342 g/mol. The molecule has 0 aliphatic carbocycles. The third kappa shape index (κ3) is 3.93. The third-order valence-electron chi connectivity index (χ3n) is 4.29. The Hall–Kier alpha value is -2.96. The number of hydrogen-bond acceptors (Lipinski definition) is 4. The van der Waals surface area contributed by atoms with Crippen LogP contribution in [0.4, 0.5) is 10.2 Å². The summed E-state index contributed by atoms with van der Waals surface area (Å²) in [5, 5.41) is 2.96. The highest BCUT2D eigenvalue weighted by Gasteiger charge is 2.24. The molecule has 1 aliphatic heterocycles. The molecule has 1 fully saturated rings. The first-order chi connectivity index (χ1) is 12.0. The number of anilines is 1. The van der Waals surface area contributed by atoms with Crippen molar-refractivity contribution >= 4 is 17.6 Å². The van der Waals surface area contributed by atoms with Crippen LogP contribution >= 0.6 is 0 Å². The minimum atomic E-state index is -0.505. The standard InChI is InChI=1S/C18H19FN4O2/c19-13-5-3-12(4-6-13)18(25)22-14-7-10-23(11-8-14)17-15(16(20)24)2-1-9-21-17/h1-6,9,14H,7-8,10-11H2,(H2,20,24)(H,22,25). The number of rotatable bonds is 4. The summed E-state index contributed by atoms with van der Waals surface area (Å²) in [6, 6.07) is 8.83. The molecule has 2 amide bonds. The van der Waals surface area contributed by atoms with Crippen LogP contribution in [-0.2, 0) is 0 Å². The van der Waals surface area contributed by atoms with Gasteiger partial charge in [-0.15, -0.1) is 0 Å². The van der Waals surface area contributed by atoms with Crippen LogP contribution in [0, 0.1) is 5.82 Å². The van der Waals surface area contributed by atoms with Crippen molar-refractivity contribution in [2.45, 2.75) is 18.9 Å². The minimum absolute atomic E-state index is 0.0227. The Morgan fingerprint density at radius 1 is 1.16 bits per heavy atom. The molecular formula is C18H19FN4O2. The van der Waals surface area contributed by atoms with Crippen molar-refractivity contribution in [3.8, 4) is 0 Å². The summed E-state index contributed by atoms with van der Waals surface area (Å²) >= 11 is 0. The molecule has 0 bridgehead atoms. The van der Waals surface area contributed by atoms with Crippen molar-refractivity contribution in [2.75, 3.05) is 18.0 Å². The molecular weight excluding hydrogens is 323 g/mol. The van der Waals surface area contributed by atoms with Crippen LogP contribution < -0.4 is 16.0 Å². The highest BCUT2D eigenvalue weighted by atomic mass is 19.1. The van der Waals surface area contributed by atoms with Gasteiger partial charge in [-0.1, -0.05) is 0 Å². The van der Waals surface area contributed by atoms with E-state index >= 15 is 0 Å². The summed E-state index contributed by atoms with van der Waals surface area (Å²) in [5.74, 6) is -0.507. The predicted molar refractivity (Wildman–Crippen MR) is 91.9 cm³/mol. The Morgan fingerprint density at radius 3 is 2.48 bits per heavy atom. The van der Waals surface area contributed by atoms with Crippen LogP contribution in [0.2, 0.25) is 0 Å². The van der Waals surface area contributed by atoms with Crippen molar-refractivity contribution < 1.29 is 14.0 Å². The molecule has 7 heteroatoms. The molecule has 3 N–H and O–H groups in total. The van der Waals surface area contributed by atoms with Gasteiger partial charge in [-0.05, 0) is 49.2 Å². The van der Waals surface area contributed by atoms with Gasteiger partial charge in [0.2, 0.25) is 0 Å². The topological polar surface area (TPSA) is 88.3 Å². The smallest absolute Gasteiger partial charge is 0.252 e. The van der Waals surface area contributed by atoms with Crippen LogP contribution in [0.25, 0.3) is 0 Å². The molecule has 1 aromatic carbocycles. The average Bonchev–Trinajstić information content (AvgIpc) is 2.63. The fourth-order valence-corrected chi connectivity index (χ4v) is 2.95. The number of carbonyl (C=O) groups is 2. The summed E-state index contributed by atoms with van der Waals surface area (Å²) in [5.41, 5.74) is 6.23. The maximum atomic E-state index is 12.9. The second kappa shape index (κ2) is 7.29. The largest absolute Gasteiger partial charge is 0.365 e. The van der Waals surface area contributed by atoms with E-state index in [-0.39, 0.29) is 17.8 Å². The van der Waals surface area contributed by atoms with Crippen molar-refractivity contribution in [1.29, 1.82) is 0 Å². The number of benzene rings is 1. The molecule has 0 spiro atoms. The van der Waals surface area contributed by atoms with Crippen LogP contribution in [0.5, 0.6) is 0 Å². The number of halogens is 1. The van der Waals surface area contributed by atoms with Crippen molar-refractivity contribution in [3.63, 3.8) is 0 Å². The lowest BCUT2D eigenvalue weighted by Gasteiger charge is -2.33. The van der Waals surface area contributed by atoms with Gasteiger partial charge in [0, 0.05) is 30.9 Å². The van der Waals surface area contributed by atoms with Gasteiger partial charge >= 0.3 is 0 Å². The minimum Gasteiger partial charge on any atom is -0.365 e. The first-order valence-corrected chi connectivity index (χ1v) is 8.11. The zero-order valence-electron chi connectivity index (χ0n) is 13.6. The molecule has 0 atom stereocenters. The van der Waals surface area contributed by atoms with E-state index in [9.17, 15) is 14.0 Å². The summed E-state index contributed by atoms with van der Waals surface area (Å²) in [7, 11) is 0. The molecule has 0 saturated carbocycles. The van der Waals surface area contributed by atoms with Gasteiger partial charge in [-0.25, -0.2) is 9.37 Å². The third-order valence-corrected chi connectivity index (χ3v) is 4.29. The van der Waals surface area contributed by atoms with E-state index in [0.29, 0.717) is 30.0 Å². The first kappa shape index (κ1) is 16.9. The van der Waals surface area contributed by atoms with E-state index in [0.717, 1.165) is 12.8 Å². The summed E-state index contributed by atoms with van der Waals surface area (Å²) in [4.78, 5) is 30.0. The average molecular weight is 342 g/mol. The number of carbonyl (C=O) groups excluding carboxylic acids is 2. The second-order valence-corrected chi connectivity index (χ2v) is 5.98. The quantitative estimate of drug-likeness (QED) is 0.885. The maximum Gasteiger partial charge on any atom is 0.252 e. The Kier molecular flexibility index (Phi) is 4.92. The molecule has 130 valence electrons. The molecule has 1 saturated heterocycles. The van der Waals surface area contributed by atoms with Crippen molar-refractivity contribution in [1.82, 2.24) is 10.3 Å². The van der Waals surface area contributed by atoms with Gasteiger partial charge < -0.3 is 16.0 Å². The highest BCUT2D eigenvalue weighted by Crippen LogP contribution is 2.21. The molecule has 1 aromatic heterocycles. The lowest BCUT2D eigenvalue weighted by atomic mass is 10.0. The lowest BCUT2D eigenvalue weighted by Crippen LogP contribution is -2.45. The van der Waals surface area contributed by atoms with Gasteiger partial charge in [-0.3, -0.25) is 9.59 Å². The normalized spacial score (nSPS) is 15.0. The van der Waals surface area contributed by atoms with Gasteiger partial charge in [-0.2, -0.15) is 0 Å². The fourth-order valence-electron chi connectivity index (χ4n) is 2.95. The van der Waals surface area contributed by atoms with Crippen LogP contribution in [0.15, 0.2) is 42.6 Å². The predicted octanol–water partition coefficient (Wildman–Crippen LogP) is 1.72. The first-order valence-electron chi connectivity index (χ1n) is 8.11. The van der Waals surface area contributed by atoms with Crippen LogP contribution in [0.1, 0.15) is 33.6 Å². The van der Waals surface area contributed by atoms with E-state index in [1.807, 2.05) is 4.90 Å². The Balaban J connectivity index is 1.60. The Bertz CT molecular complexity index is 771. The molecule has 0 unspecified atom stereocenters. The zero-order valence-corrected chi connectivity index (χ0v) is 13.6. The van der Waals surface area contributed by atoms with E-state index in [4.69, 9.17) is 5.73 Å². The van der Waals surface area contributed by atoms with E-state index in [2.05, 4.69) is 10.3 Å². The molecule has 2 aromatic rings. The number of nitrogens with zero attached hydrogens (tertiary/aromatic N) is 2. The molecule has 2 heterocycles. The second-order valence-electron chi connectivity index (χ2n) is 5.98. The Morgan fingerprint density at radius 2 is 1.84 bits per heavy atom. The zero-order chi connectivity index (χ0) is 17.8. The van der Waals surface area contributed by atoms with Crippen molar-refractivity contribution in [2.24, 2.45) is 5.73 Å². The number of hydrogen-bond donors (Lipinski definition) is 2. The molecule has 3 rings (SSSR count). The summed E-state index contributed by atoms with van der Waals surface area (Å²) in [6.07, 6.45) is 3.08. The number of piperidine rings is 1. The molecule has 6 nitrogen and oxygen atoms in total. The lowest BCUT2D eigenvalue weighted by molar-refractivity contribution is 0.0930. The summed E-state index contributed by atoms with van der Waals surface area (Å²) in [6.45, 7) is 1.32. The maximum absolute atomic E-state index is 12.9. The van der Waals surface area contributed by atoms with Gasteiger partial charge in [0.05, 0.1) is 5.56 Å². The molecule has 0 radical (unpaired) electrons. The number of amides is 2. The Labute approximate surface area is 144 Å². The molecule has 1 aliphatic rings. The number of pyridine rings is 1. The van der Waals surface area contributed by atoms with Gasteiger partial charge in [0.15, 0.2) is 0 Å². The van der Waals surface area contributed by atoms with Crippen LogP contribution in [-0.4, -0.2) is 35.9 Å². The number of nitrogens with two attached hydrogens (primary N) is 1. The van der Waals surface area contributed by atoms with Gasteiger partial charge in [0.1, 0.15) is 11.6 Å². The highest BCUT2D eigenvalue weighted by molar-refractivity contribution is 5.97. The van der Waals surface area contributed by atoms with E-state index in [1.165, 1.54) is 24.3 Å². The number of aromatic nitrogens is 1. The van der Waals surface area contributed by atoms with E-state index in [1.54, 1.807) is 18.3 Å². The van der Waals surface area contributed by atoms with E-state index < -0.39 is 5.91 Å². The van der Waals surface area contributed by atoms with Gasteiger partial charge in [0.25, 0.3) is 11.8 Å². The number of primary amides is 1. The SMILES string of the molecule is NC(=O)c1cccnc1N1CCC(NC(=O)c2ccc(F)cc2)CC1. The van der Waals surface area contributed by atoms with Crippen molar-refractivity contribution in [3.05, 3.63) is 59.5 Å². The fraction of sp³-hybridized carbons (Fsp3) is 0.278. The van der Waals surface area contributed by atoms with Crippen LogP contribution in [0.3, 0.4) is 0 Å². The summed E-state index contributed by atoms with van der Waals surface area (Å²) < 4.78 is 12.9. The molecule has 25 heavy (non-hydrogen) atoms. The number of nitrogens with one attached hydrogen (secondary N) is 1.